The highest BCUT2D eigenvalue weighted by Crippen LogP contribution is 2.28. The molecule has 2 aromatic rings. The van der Waals surface area contributed by atoms with E-state index >= 15 is 0 Å². The standard InChI is InChI=1S/C12H13BrN4O2/c1-7-3-4-9(10(13)5-7)12-14-15-16-17(12)8(2)6-11(18)19/h3-5,8H,6H2,1-2H3,(H,18,19). The molecule has 1 heterocycles. The third-order valence-electron chi connectivity index (χ3n) is 2.75. The molecule has 0 aliphatic rings. The Bertz CT molecular complexity index is 612. The van der Waals surface area contributed by atoms with E-state index in [0.29, 0.717) is 5.82 Å². The van der Waals surface area contributed by atoms with Crippen LogP contribution in [-0.4, -0.2) is 31.3 Å². The minimum absolute atomic E-state index is 0.0263. The highest BCUT2D eigenvalue weighted by atomic mass is 79.9. The molecule has 0 spiro atoms. The van der Waals surface area contributed by atoms with E-state index in [1.807, 2.05) is 25.1 Å². The second kappa shape index (κ2) is 5.48. The lowest BCUT2D eigenvalue weighted by atomic mass is 10.1. The van der Waals surface area contributed by atoms with Gasteiger partial charge in [-0.3, -0.25) is 4.79 Å². The summed E-state index contributed by atoms with van der Waals surface area (Å²) >= 11 is 3.48. The Labute approximate surface area is 118 Å². The highest BCUT2D eigenvalue weighted by Gasteiger charge is 2.18. The summed E-state index contributed by atoms with van der Waals surface area (Å²) in [6, 6.07) is 5.53. The Hall–Kier alpha value is -1.76. The maximum atomic E-state index is 10.8. The molecule has 0 aliphatic carbocycles. The number of tetrazole rings is 1. The Morgan fingerprint density at radius 2 is 2.26 bits per heavy atom. The van der Waals surface area contributed by atoms with Crippen molar-refractivity contribution in [1.82, 2.24) is 20.2 Å². The van der Waals surface area contributed by atoms with Gasteiger partial charge in [0.05, 0.1) is 12.5 Å². The molecule has 1 aromatic heterocycles. The van der Waals surface area contributed by atoms with E-state index < -0.39 is 5.97 Å². The van der Waals surface area contributed by atoms with Crippen LogP contribution in [0.15, 0.2) is 22.7 Å². The smallest absolute Gasteiger partial charge is 0.305 e. The van der Waals surface area contributed by atoms with E-state index in [9.17, 15) is 4.79 Å². The number of aromatic nitrogens is 4. The third kappa shape index (κ3) is 2.98. The molecule has 1 unspecified atom stereocenters. The number of hydrogen-bond acceptors (Lipinski definition) is 4. The van der Waals surface area contributed by atoms with Crippen LogP contribution in [0.1, 0.15) is 24.9 Å². The number of carboxylic acid groups (broad SMARTS) is 1. The number of carbonyl (C=O) groups is 1. The van der Waals surface area contributed by atoms with Crippen molar-refractivity contribution in [1.29, 1.82) is 0 Å². The molecule has 2 rings (SSSR count). The Morgan fingerprint density at radius 3 is 2.89 bits per heavy atom. The summed E-state index contributed by atoms with van der Waals surface area (Å²) in [5.41, 5.74) is 1.96. The van der Waals surface area contributed by atoms with E-state index in [1.165, 1.54) is 4.68 Å². The van der Waals surface area contributed by atoms with Gasteiger partial charge in [-0.15, -0.1) is 5.10 Å². The van der Waals surface area contributed by atoms with Crippen LogP contribution in [0.5, 0.6) is 0 Å². The minimum atomic E-state index is -0.878. The highest BCUT2D eigenvalue weighted by molar-refractivity contribution is 9.10. The normalized spacial score (nSPS) is 12.4. The Balaban J connectivity index is 2.41. The number of halogens is 1. The molecule has 1 N–H and O–H groups in total. The predicted molar refractivity (Wildman–Crippen MR) is 72.7 cm³/mol. The largest absolute Gasteiger partial charge is 0.481 e. The fourth-order valence-corrected chi connectivity index (χ4v) is 2.48. The molecule has 7 heteroatoms. The zero-order chi connectivity index (χ0) is 14.0. The molecule has 0 bridgehead atoms. The van der Waals surface area contributed by atoms with Gasteiger partial charge in [0, 0.05) is 10.0 Å². The van der Waals surface area contributed by atoms with Crippen molar-refractivity contribution in [2.45, 2.75) is 26.3 Å². The molecule has 6 nitrogen and oxygen atoms in total. The van der Waals surface area contributed by atoms with E-state index in [-0.39, 0.29) is 12.5 Å². The van der Waals surface area contributed by atoms with Gasteiger partial charge < -0.3 is 5.11 Å². The lowest BCUT2D eigenvalue weighted by Gasteiger charge is -2.12. The Morgan fingerprint density at radius 1 is 1.53 bits per heavy atom. The topological polar surface area (TPSA) is 80.9 Å². The fraction of sp³-hybridized carbons (Fsp3) is 0.333. The number of hydrogen-bond donors (Lipinski definition) is 1. The lowest BCUT2D eigenvalue weighted by molar-refractivity contribution is -0.137. The van der Waals surface area contributed by atoms with Crippen LogP contribution in [0.2, 0.25) is 0 Å². The molecule has 1 aromatic carbocycles. The van der Waals surface area contributed by atoms with Crippen LogP contribution < -0.4 is 0 Å². The van der Waals surface area contributed by atoms with E-state index in [2.05, 4.69) is 31.5 Å². The number of aliphatic carboxylic acids is 1. The first-order chi connectivity index (χ1) is 8.99. The third-order valence-corrected chi connectivity index (χ3v) is 3.40. The van der Waals surface area contributed by atoms with Crippen molar-refractivity contribution < 1.29 is 9.90 Å². The lowest BCUT2D eigenvalue weighted by Crippen LogP contribution is -2.13. The zero-order valence-corrected chi connectivity index (χ0v) is 12.1. The molecule has 0 saturated carbocycles. The van der Waals surface area contributed by atoms with Gasteiger partial charge in [0.1, 0.15) is 0 Å². The summed E-state index contributed by atoms with van der Waals surface area (Å²) in [6.07, 6.45) is -0.0263. The monoisotopic (exact) mass is 324 g/mol. The van der Waals surface area contributed by atoms with Crippen molar-refractivity contribution >= 4 is 21.9 Å². The molecule has 0 fully saturated rings. The molecule has 0 aliphatic heterocycles. The summed E-state index contributed by atoms with van der Waals surface area (Å²) < 4.78 is 2.41. The first-order valence-electron chi connectivity index (χ1n) is 5.75. The summed E-state index contributed by atoms with van der Waals surface area (Å²) in [6.45, 7) is 3.76. The maximum Gasteiger partial charge on any atom is 0.305 e. The zero-order valence-electron chi connectivity index (χ0n) is 10.5. The van der Waals surface area contributed by atoms with Crippen molar-refractivity contribution in [3.05, 3.63) is 28.2 Å². The van der Waals surface area contributed by atoms with Gasteiger partial charge in [-0.05, 0) is 42.0 Å². The van der Waals surface area contributed by atoms with Crippen molar-refractivity contribution in [2.24, 2.45) is 0 Å². The van der Waals surface area contributed by atoms with Gasteiger partial charge >= 0.3 is 5.97 Å². The van der Waals surface area contributed by atoms with Crippen LogP contribution in [0.4, 0.5) is 0 Å². The first-order valence-corrected chi connectivity index (χ1v) is 6.54. The number of carboxylic acids is 1. The van der Waals surface area contributed by atoms with Crippen LogP contribution in [0.3, 0.4) is 0 Å². The Kier molecular flexibility index (Phi) is 3.94. The average Bonchev–Trinajstić information content (AvgIpc) is 2.76. The van der Waals surface area contributed by atoms with Gasteiger partial charge in [0.15, 0.2) is 5.82 Å². The van der Waals surface area contributed by atoms with Crippen molar-refractivity contribution in [2.75, 3.05) is 0 Å². The van der Waals surface area contributed by atoms with E-state index in [0.717, 1.165) is 15.6 Å². The second-order valence-corrected chi connectivity index (χ2v) is 5.23. The number of benzene rings is 1. The molecule has 0 amide bonds. The van der Waals surface area contributed by atoms with Crippen LogP contribution in [-0.2, 0) is 4.79 Å². The molecule has 19 heavy (non-hydrogen) atoms. The summed E-state index contributed by atoms with van der Waals surface area (Å²) in [5, 5.41) is 20.3. The molecule has 0 radical (unpaired) electrons. The number of aryl methyl sites for hydroxylation is 1. The van der Waals surface area contributed by atoms with Gasteiger partial charge in [-0.25, -0.2) is 4.68 Å². The molecule has 100 valence electrons. The predicted octanol–water partition coefficient (Wildman–Crippen LogP) is 2.45. The van der Waals surface area contributed by atoms with Gasteiger partial charge in [0.25, 0.3) is 0 Å². The van der Waals surface area contributed by atoms with Crippen LogP contribution in [0, 0.1) is 6.92 Å². The quantitative estimate of drug-likeness (QED) is 0.934. The molecule has 1 atom stereocenters. The maximum absolute atomic E-state index is 10.8. The number of rotatable bonds is 4. The summed E-state index contributed by atoms with van der Waals surface area (Å²) in [4.78, 5) is 10.8. The summed E-state index contributed by atoms with van der Waals surface area (Å²) in [7, 11) is 0. The van der Waals surface area contributed by atoms with Crippen molar-refractivity contribution in [3.63, 3.8) is 0 Å². The van der Waals surface area contributed by atoms with E-state index in [4.69, 9.17) is 5.11 Å². The first kappa shape index (κ1) is 13.7. The fourth-order valence-electron chi connectivity index (χ4n) is 1.81. The molecular formula is C12H13BrN4O2. The van der Waals surface area contributed by atoms with Crippen molar-refractivity contribution in [3.8, 4) is 11.4 Å². The average molecular weight is 325 g/mol. The van der Waals surface area contributed by atoms with E-state index in [1.54, 1.807) is 6.92 Å². The summed E-state index contributed by atoms with van der Waals surface area (Å²) in [5.74, 6) is -0.322. The minimum Gasteiger partial charge on any atom is -0.481 e. The van der Waals surface area contributed by atoms with Crippen LogP contribution in [0.25, 0.3) is 11.4 Å². The van der Waals surface area contributed by atoms with Gasteiger partial charge in [-0.1, -0.05) is 22.0 Å². The molecule has 0 saturated heterocycles. The molecular weight excluding hydrogens is 312 g/mol. The SMILES string of the molecule is Cc1ccc(-c2nnnn2C(C)CC(=O)O)c(Br)c1. The van der Waals surface area contributed by atoms with Gasteiger partial charge in [0.2, 0.25) is 0 Å². The second-order valence-electron chi connectivity index (χ2n) is 4.38. The number of nitrogens with zero attached hydrogens (tertiary/aromatic N) is 4. The van der Waals surface area contributed by atoms with Crippen LogP contribution >= 0.6 is 15.9 Å². The van der Waals surface area contributed by atoms with Gasteiger partial charge in [-0.2, -0.15) is 0 Å².